The maximum absolute atomic E-state index is 12.5. The van der Waals surface area contributed by atoms with Gasteiger partial charge in [-0.3, -0.25) is 0 Å². The van der Waals surface area contributed by atoms with Gasteiger partial charge in [0, 0.05) is 16.7 Å². The zero-order valence-electron chi connectivity index (χ0n) is 20.3. The van der Waals surface area contributed by atoms with E-state index in [0.29, 0.717) is 0 Å². The lowest BCUT2D eigenvalue weighted by atomic mass is 9.71. The third-order valence-electron chi connectivity index (χ3n) is 6.58. The van der Waals surface area contributed by atoms with Gasteiger partial charge >= 0.3 is 6.09 Å². The van der Waals surface area contributed by atoms with Crippen molar-refractivity contribution in [2.24, 2.45) is 0 Å². The van der Waals surface area contributed by atoms with E-state index in [1.165, 1.54) is 0 Å². The molecule has 1 saturated carbocycles. The first-order chi connectivity index (χ1) is 16.7. The smallest absolute Gasteiger partial charge is 0.408 e. The molecule has 0 spiro atoms. The molecule has 6 heteroatoms. The lowest BCUT2D eigenvalue weighted by Crippen LogP contribution is -2.52. The minimum atomic E-state index is -0.531. The van der Waals surface area contributed by atoms with Crippen LogP contribution in [-0.4, -0.2) is 16.7 Å². The zero-order chi connectivity index (χ0) is 24.6. The molecular formula is C29H30ClN3O2. The van der Waals surface area contributed by atoms with Gasteiger partial charge in [-0.05, 0) is 69.5 Å². The number of aromatic nitrogens is 1. The van der Waals surface area contributed by atoms with Gasteiger partial charge in [0.2, 0.25) is 0 Å². The van der Waals surface area contributed by atoms with E-state index in [4.69, 9.17) is 21.3 Å². The fourth-order valence-electron chi connectivity index (χ4n) is 4.70. The van der Waals surface area contributed by atoms with Crippen molar-refractivity contribution in [1.82, 2.24) is 15.6 Å². The van der Waals surface area contributed by atoms with Crippen molar-refractivity contribution in [2.45, 2.75) is 56.7 Å². The van der Waals surface area contributed by atoms with Crippen LogP contribution in [0.2, 0.25) is 0 Å². The Bertz CT molecular complexity index is 1260. The number of alkyl halides is 1. The summed E-state index contributed by atoms with van der Waals surface area (Å²) in [5, 5.41) is 6.28. The average molecular weight is 488 g/mol. The van der Waals surface area contributed by atoms with Crippen molar-refractivity contribution in [3.05, 3.63) is 83.7 Å². The number of carbonyl (C=O) groups excluding carboxylic acids is 1. The number of hydrogen-bond donors (Lipinski definition) is 2. The summed E-state index contributed by atoms with van der Waals surface area (Å²) in [5.41, 5.74) is 5.71. The van der Waals surface area contributed by atoms with Crippen molar-refractivity contribution in [3.63, 3.8) is 0 Å². The molecule has 3 aromatic rings. The summed E-state index contributed by atoms with van der Waals surface area (Å²) in [6.07, 6.45) is 6.28. The summed E-state index contributed by atoms with van der Waals surface area (Å²) in [6, 6.07) is 20.8. The molecule has 2 aromatic carbocycles. The number of ether oxygens (including phenoxy) is 1. The third-order valence-corrected chi connectivity index (χ3v) is 6.94. The van der Waals surface area contributed by atoms with Crippen LogP contribution in [0.5, 0.6) is 0 Å². The summed E-state index contributed by atoms with van der Waals surface area (Å²) >= 11 is 6.53. The molecule has 5 rings (SSSR count). The number of nitrogens with zero attached hydrogens (tertiary/aromatic N) is 1. The highest BCUT2D eigenvalue weighted by Crippen LogP contribution is 2.43. The van der Waals surface area contributed by atoms with Crippen molar-refractivity contribution in [2.75, 3.05) is 0 Å². The van der Waals surface area contributed by atoms with Gasteiger partial charge in [0.1, 0.15) is 11.1 Å². The quantitative estimate of drug-likeness (QED) is 0.303. The van der Waals surface area contributed by atoms with Crippen LogP contribution in [0.1, 0.15) is 62.4 Å². The number of amides is 1. The first-order valence-corrected chi connectivity index (χ1v) is 12.5. The van der Waals surface area contributed by atoms with E-state index in [1.807, 2.05) is 51.2 Å². The fourth-order valence-corrected chi connectivity index (χ4v) is 4.95. The van der Waals surface area contributed by atoms with Gasteiger partial charge in [0.05, 0.1) is 16.9 Å². The van der Waals surface area contributed by atoms with Crippen molar-refractivity contribution >= 4 is 23.8 Å². The first kappa shape index (κ1) is 23.4. The number of fused-ring (bicyclic) bond motifs is 1. The molecule has 180 valence electrons. The highest BCUT2D eigenvalue weighted by molar-refractivity contribution is 6.21. The van der Waals surface area contributed by atoms with E-state index in [9.17, 15) is 4.79 Å². The Kier molecular flexibility index (Phi) is 6.06. The second-order valence-electron chi connectivity index (χ2n) is 10.2. The fraction of sp³-hybridized carbons (Fsp3) is 0.310. The van der Waals surface area contributed by atoms with Crippen LogP contribution in [0.4, 0.5) is 4.79 Å². The Balaban J connectivity index is 1.51. The predicted molar refractivity (Wildman–Crippen MR) is 141 cm³/mol. The Morgan fingerprint density at radius 2 is 1.80 bits per heavy atom. The minimum Gasteiger partial charge on any atom is -0.444 e. The molecule has 1 unspecified atom stereocenters. The molecule has 1 aliphatic carbocycles. The normalized spacial score (nSPS) is 18.1. The number of alkyl carbamates (subject to hydrolysis) is 1. The standard InChI is InChI=1S/C29H30ClN3O2/c1-28(2,3)35-27(34)33-29(15-7-16-29)21-12-10-20(11-13-21)25-22(19-8-5-4-6-9-19)18-23-24(32-25)14-17-31-26(23)30/h4-6,8-14,17-18,26,31H,7,15-16H2,1-3H3,(H,33,34). The van der Waals surface area contributed by atoms with Crippen LogP contribution in [0.25, 0.3) is 28.5 Å². The molecule has 1 aromatic heterocycles. The molecule has 2 N–H and O–H groups in total. The zero-order valence-corrected chi connectivity index (χ0v) is 21.0. The predicted octanol–water partition coefficient (Wildman–Crippen LogP) is 7.13. The summed E-state index contributed by atoms with van der Waals surface area (Å²) < 4.78 is 5.53. The van der Waals surface area contributed by atoms with E-state index in [1.54, 1.807) is 0 Å². The minimum absolute atomic E-state index is 0.321. The van der Waals surface area contributed by atoms with E-state index >= 15 is 0 Å². The van der Waals surface area contributed by atoms with Crippen LogP contribution in [0, 0.1) is 0 Å². The molecule has 1 atom stereocenters. The van der Waals surface area contributed by atoms with Crippen molar-refractivity contribution < 1.29 is 9.53 Å². The summed E-state index contributed by atoms with van der Waals surface area (Å²) in [4.78, 5) is 17.6. The SMILES string of the molecule is CC(C)(C)OC(=O)NC1(c2ccc(-c3nc4c(cc3-c3ccccc3)C(Cl)NC=C4)cc2)CCC1. The molecule has 2 aliphatic rings. The lowest BCUT2D eigenvalue weighted by Gasteiger charge is -2.43. The van der Waals surface area contributed by atoms with Crippen LogP contribution < -0.4 is 10.6 Å². The largest absolute Gasteiger partial charge is 0.444 e. The first-order valence-electron chi connectivity index (χ1n) is 12.0. The molecule has 5 nitrogen and oxygen atoms in total. The Labute approximate surface area is 211 Å². The van der Waals surface area contributed by atoms with E-state index in [0.717, 1.165) is 58.5 Å². The van der Waals surface area contributed by atoms with Gasteiger partial charge in [0.25, 0.3) is 0 Å². The molecule has 0 radical (unpaired) electrons. The Hall–Kier alpha value is -3.31. The maximum atomic E-state index is 12.5. The Morgan fingerprint density at radius 1 is 1.09 bits per heavy atom. The second-order valence-corrected chi connectivity index (χ2v) is 10.7. The third kappa shape index (κ3) is 4.78. The number of carbonyl (C=O) groups is 1. The van der Waals surface area contributed by atoms with Gasteiger partial charge in [-0.2, -0.15) is 0 Å². The molecule has 1 amide bonds. The Morgan fingerprint density at radius 3 is 2.43 bits per heavy atom. The van der Waals surface area contributed by atoms with Gasteiger partial charge in [-0.1, -0.05) is 66.2 Å². The lowest BCUT2D eigenvalue weighted by molar-refractivity contribution is 0.0377. The highest BCUT2D eigenvalue weighted by atomic mass is 35.5. The molecule has 0 saturated heterocycles. The van der Waals surface area contributed by atoms with Crippen LogP contribution in [0.3, 0.4) is 0 Å². The topological polar surface area (TPSA) is 63.2 Å². The van der Waals surface area contributed by atoms with Crippen LogP contribution in [-0.2, 0) is 10.3 Å². The molecular weight excluding hydrogens is 458 g/mol. The van der Waals surface area contributed by atoms with Gasteiger partial charge in [-0.25, -0.2) is 9.78 Å². The second kappa shape index (κ2) is 9.04. The van der Waals surface area contributed by atoms with Crippen LogP contribution >= 0.6 is 11.6 Å². The molecule has 1 fully saturated rings. The number of benzene rings is 2. The monoisotopic (exact) mass is 487 g/mol. The molecule has 1 aliphatic heterocycles. The van der Waals surface area contributed by atoms with Crippen molar-refractivity contribution in [3.8, 4) is 22.4 Å². The maximum Gasteiger partial charge on any atom is 0.408 e. The summed E-state index contributed by atoms with van der Waals surface area (Å²) in [7, 11) is 0. The van der Waals surface area contributed by atoms with Gasteiger partial charge in [-0.15, -0.1) is 0 Å². The number of rotatable bonds is 4. The number of hydrogen-bond acceptors (Lipinski definition) is 4. The number of halogens is 1. The van der Waals surface area contributed by atoms with Crippen molar-refractivity contribution in [1.29, 1.82) is 0 Å². The van der Waals surface area contributed by atoms with E-state index in [2.05, 4.69) is 53.1 Å². The van der Waals surface area contributed by atoms with E-state index < -0.39 is 5.60 Å². The molecule has 2 heterocycles. The van der Waals surface area contributed by atoms with E-state index in [-0.39, 0.29) is 17.1 Å². The average Bonchev–Trinajstić information content (AvgIpc) is 2.81. The molecule has 0 bridgehead atoms. The highest BCUT2D eigenvalue weighted by Gasteiger charge is 2.41. The summed E-state index contributed by atoms with van der Waals surface area (Å²) in [6.45, 7) is 5.63. The summed E-state index contributed by atoms with van der Waals surface area (Å²) in [5.74, 6) is 0. The number of pyridine rings is 1. The van der Waals surface area contributed by atoms with Gasteiger partial charge < -0.3 is 15.4 Å². The molecule has 35 heavy (non-hydrogen) atoms. The van der Waals surface area contributed by atoms with Crippen LogP contribution in [0.15, 0.2) is 66.9 Å². The number of nitrogens with one attached hydrogen (secondary N) is 2. The van der Waals surface area contributed by atoms with Gasteiger partial charge in [0.15, 0.2) is 0 Å².